The van der Waals surface area contributed by atoms with Crippen molar-refractivity contribution < 1.29 is 9.53 Å². The molecular formula is C13H24N2O2. The van der Waals surface area contributed by atoms with E-state index in [9.17, 15) is 4.79 Å². The zero-order valence-corrected chi connectivity index (χ0v) is 11.3. The van der Waals surface area contributed by atoms with E-state index in [1.54, 1.807) is 0 Å². The van der Waals surface area contributed by atoms with Gasteiger partial charge in [-0.25, -0.2) is 4.79 Å². The summed E-state index contributed by atoms with van der Waals surface area (Å²) in [7, 11) is 0. The normalized spacial score (nSPS) is 32.0. The van der Waals surface area contributed by atoms with Crippen molar-refractivity contribution in [2.45, 2.75) is 45.8 Å². The highest BCUT2D eigenvalue weighted by Crippen LogP contribution is 2.40. The Morgan fingerprint density at radius 1 is 1.35 bits per heavy atom. The van der Waals surface area contributed by atoms with Gasteiger partial charge >= 0.3 is 6.09 Å². The molecule has 3 rings (SSSR count). The van der Waals surface area contributed by atoms with Crippen LogP contribution in [-0.4, -0.2) is 42.3 Å². The van der Waals surface area contributed by atoms with Crippen LogP contribution in [0.25, 0.3) is 0 Å². The van der Waals surface area contributed by atoms with Gasteiger partial charge in [-0.1, -0.05) is 6.92 Å². The van der Waals surface area contributed by atoms with Crippen LogP contribution in [0.5, 0.6) is 0 Å². The zero-order chi connectivity index (χ0) is 12.6. The summed E-state index contributed by atoms with van der Waals surface area (Å²) in [6.07, 6.45) is 1.11. The van der Waals surface area contributed by atoms with Crippen molar-refractivity contribution in [3.63, 3.8) is 0 Å². The van der Waals surface area contributed by atoms with Gasteiger partial charge in [0.2, 0.25) is 0 Å². The van der Waals surface area contributed by atoms with Gasteiger partial charge in [0.05, 0.1) is 0 Å². The molecule has 2 aliphatic heterocycles. The van der Waals surface area contributed by atoms with E-state index in [1.165, 1.54) is 6.42 Å². The lowest BCUT2D eigenvalue weighted by Gasteiger charge is -2.53. The molecule has 2 saturated heterocycles. The van der Waals surface area contributed by atoms with E-state index in [1.807, 2.05) is 25.7 Å². The van der Waals surface area contributed by atoms with Crippen molar-refractivity contribution in [1.82, 2.24) is 10.2 Å². The average molecular weight is 240 g/mol. The number of ether oxygens (including phenoxy) is 1. The first kappa shape index (κ1) is 12.7. The highest BCUT2D eigenvalue weighted by molar-refractivity contribution is 5.68. The van der Waals surface area contributed by atoms with Crippen LogP contribution in [0.3, 0.4) is 0 Å². The van der Waals surface area contributed by atoms with Gasteiger partial charge in [0, 0.05) is 19.1 Å². The fourth-order valence-corrected chi connectivity index (χ4v) is 2.93. The summed E-state index contributed by atoms with van der Waals surface area (Å²) in [5.41, 5.74) is -0.389. The molecule has 1 N–H and O–H groups in total. The molecule has 2 atom stereocenters. The maximum atomic E-state index is 11.9. The number of nitrogens with one attached hydrogen (secondary N) is 1. The van der Waals surface area contributed by atoms with E-state index in [2.05, 4.69) is 12.2 Å². The van der Waals surface area contributed by atoms with Gasteiger partial charge in [0.1, 0.15) is 5.60 Å². The summed E-state index contributed by atoms with van der Waals surface area (Å²) in [6.45, 7) is 10.6. The molecule has 1 amide bonds. The van der Waals surface area contributed by atoms with E-state index in [0.29, 0.717) is 17.9 Å². The molecule has 1 saturated carbocycles. The van der Waals surface area contributed by atoms with Crippen molar-refractivity contribution >= 4 is 6.09 Å². The molecule has 98 valence electrons. The summed E-state index contributed by atoms with van der Waals surface area (Å²) < 4.78 is 5.41. The third kappa shape index (κ3) is 2.73. The van der Waals surface area contributed by atoms with E-state index in [0.717, 1.165) is 19.6 Å². The number of carbonyl (C=O) groups is 1. The molecule has 2 heterocycles. The Morgan fingerprint density at radius 2 is 1.94 bits per heavy atom. The molecule has 0 radical (unpaired) electrons. The van der Waals surface area contributed by atoms with Gasteiger partial charge < -0.3 is 15.0 Å². The Bertz CT molecular complexity index is 286. The largest absolute Gasteiger partial charge is 0.444 e. The predicted octanol–water partition coefficient (Wildman–Crippen LogP) is 1.85. The first-order valence-corrected chi connectivity index (χ1v) is 6.62. The topological polar surface area (TPSA) is 41.6 Å². The standard InChI is InChI=1S/C13H24N2O2/c1-5-14-11-9-6-10(11)8-15(7-9)12(16)17-13(2,3)4/h9-11,14H,5-8H2,1-4H3. The van der Waals surface area contributed by atoms with Crippen LogP contribution in [0, 0.1) is 11.8 Å². The smallest absolute Gasteiger partial charge is 0.410 e. The quantitative estimate of drug-likeness (QED) is 0.801. The van der Waals surface area contributed by atoms with Crippen LogP contribution in [0.15, 0.2) is 0 Å². The highest BCUT2D eigenvalue weighted by Gasteiger charge is 2.47. The number of rotatable bonds is 2. The fourth-order valence-electron chi connectivity index (χ4n) is 2.93. The van der Waals surface area contributed by atoms with E-state index >= 15 is 0 Å². The number of piperidine rings is 2. The molecule has 1 aliphatic carbocycles. The van der Waals surface area contributed by atoms with Crippen molar-refractivity contribution in [2.75, 3.05) is 19.6 Å². The molecule has 2 bridgehead atoms. The van der Waals surface area contributed by atoms with Crippen LogP contribution in [0.4, 0.5) is 4.79 Å². The minimum atomic E-state index is -0.389. The second-order valence-corrected chi connectivity index (χ2v) is 6.22. The first-order chi connectivity index (χ1) is 7.90. The maximum absolute atomic E-state index is 11.9. The summed E-state index contributed by atoms with van der Waals surface area (Å²) in [5.74, 6) is 1.25. The molecule has 4 heteroatoms. The second kappa shape index (κ2) is 4.48. The molecule has 0 aromatic rings. The SMILES string of the molecule is CCNC1C2CC1CN(C(=O)OC(C)(C)C)C2. The van der Waals surface area contributed by atoms with Gasteiger partial charge in [0.25, 0.3) is 0 Å². The summed E-state index contributed by atoms with van der Waals surface area (Å²) in [5, 5.41) is 3.51. The molecule has 3 aliphatic rings. The lowest BCUT2D eigenvalue weighted by atomic mass is 9.66. The number of nitrogens with zero attached hydrogens (tertiary/aromatic N) is 1. The van der Waals surface area contributed by atoms with Gasteiger partial charge in [0.15, 0.2) is 0 Å². The minimum Gasteiger partial charge on any atom is -0.444 e. The Labute approximate surface area is 104 Å². The lowest BCUT2D eigenvalue weighted by molar-refractivity contribution is -0.0351. The Balaban J connectivity index is 1.85. The summed E-state index contributed by atoms with van der Waals surface area (Å²) in [4.78, 5) is 13.8. The van der Waals surface area contributed by atoms with Crippen molar-refractivity contribution in [2.24, 2.45) is 11.8 Å². The monoisotopic (exact) mass is 240 g/mol. The number of carbonyl (C=O) groups excluding carboxylic acids is 1. The van der Waals surface area contributed by atoms with Gasteiger partial charge in [-0.3, -0.25) is 0 Å². The van der Waals surface area contributed by atoms with Crippen LogP contribution in [0.2, 0.25) is 0 Å². The Morgan fingerprint density at radius 3 is 2.41 bits per heavy atom. The summed E-state index contributed by atoms with van der Waals surface area (Å²) >= 11 is 0. The molecule has 3 fully saturated rings. The molecule has 0 aromatic heterocycles. The molecule has 17 heavy (non-hydrogen) atoms. The van der Waals surface area contributed by atoms with E-state index < -0.39 is 0 Å². The highest BCUT2D eigenvalue weighted by atomic mass is 16.6. The van der Waals surface area contributed by atoms with Crippen molar-refractivity contribution in [1.29, 1.82) is 0 Å². The first-order valence-electron chi connectivity index (χ1n) is 6.62. The van der Waals surface area contributed by atoms with Gasteiger partial charge in [-0.05, 0) is 45.6 Å². The second-order valence-electron chi connectivity index (χ2n) is 6.22. The number of hydrogen-bond acceptors (Lipinski definition) is 3. The van der Waals surface area contributed by atoms with E-state index in [4.69, 9.17) is 4.74 Å². The minimum absolute atomic E-state index is 0.151. The summed E-state index contributed by atoms with van der Waals surface area (Å²) in [6, 6.07) is 0.624. The van der Waals surface area contributed by atoms with Crippen LogP contribution < -0.4 is 5.32 Å². The number of hydrogen-bond donors (Lipinski definition) is 1. The van der Waals surface area contributed by atoms with Crippen molar-refractivity contribution in [3.8, 4) is 0 Å². The molecule has 0 spiro atoms. The zero-order valence-electron chi connectivity index (χ0n) is 11.3. The third-order valence-electron chi connectivity index (χ3n) is 3.62. The Hall–Kier alpha value is -0.770. The molecule has 4 nitrogen and oxygen atoms in total. The van der Waals surface area contributed by atoms with Gasteiger partial charge in [-0.2, -0.15) is 0 Å². The number of fused-ring (bicyclic) bond motifs is 2. The average Bonchev–Trinajstić information content (AvgIpc) is 2.23. The fraction of sp³-hybridized carbons (Fsp3) is 0.923. The van der Waals surface area contributed by atoms with Crippen LogP contribution in [0.1, 0.15) is 34.1 Å². The number of amides is 1. The third-order valence-corrected chi connectivity index (χ3v) is 3.62. The molecular weight excluding hydrogens is 216 g/mol. The van der Waals surface area contributed by atoms with Crippen molar-refractivity contribution in [3.05, 3.63) is 0 Å². The van der Waals surface area contributed by atoms with Crippen LogP contribution >= 0.6 is 0 Å². The molecule has 0 aromatic carbocycles. The van der Waals surface area contributed by atoms with E-state index in [-0.39, 0.29) is 11.7 Å². The molecule has 2 unspecified atom stereocenters. The predicted molar refractivity (Wildman–Crippen MR) is 66.9 cm³/mol. The maximum Gasteiger partial charge on any atom is 0.410 e. The van der Waals surface area contributed by atoms with Crippen LogP contribution in [-0.2, 0) is 4.74 Å². The lowest BCUT2D eigenvalue weighted by Crippen LogP contribution is -2.64. The Kier molecular flexibility index (Phi) is 3.34. The van der Waals surface area contributed by atoms with Gasteiger partial charge in [-0.15, -0.1) is 0 Å².